The monoisotopic (exact) mass is 278 g/mol. The molecule has 2 aliphatic rings. The molecule has 3 rings (SSSR count). The van der Waals surface area contributed by atoms with Crippen molar-refractivity contribution in [2.75, 3.05) is 13.1 Å². The number of piperidine rings is 1. The summed E-state index contributed by atoms with van der Waals surface area (Å²) >= 11 is 2.01. The van der Waals surface area contributed by atoms with Crippen LogP contribution in [-0.2, 0) is 13.0 Å². The topological polar surface area (TPSA) is 15.3 Å². The number of hydrogen-bond acceptors (Lipinski definition) is 3. The first kappa shape index (κ1) is 13.6. The molecule has 1 unspecified atom stereocenters. The molecule has 1 aliphatic carbocycles. The van der Waals surface area contributed by atoms with Crippen LogP contribution in [0, 0.1) is 0 Å². The number of nitrogens with one attached hydrogen (secondary N) is 1. The molecule has 0 radical (unpaired) electrons. The summed E-state index contributed by atoms with van der Waals surface area (Å²) in [6.07, 6.45) is 8.16. The summed E-state index contributed by atoms with van der Waals surface area (Å²) in [4.78, 5) is 5.81. The zero-order chi connectivity index (χ0) is 13.1. The number of rotatable bonds is 6. The van der Waals surface area contributed by atoms with Crippen LogP contribution in [0.25, 0.3) is 0 Å². The van der Waals surface area contributed by atoms with Gasteiger partial charge in [-0.1, -0.05) is 13.3 Å². The van der Waals surface area contributed by atoms with Gasteiger partial charge in [0.2, 0.25) is 0 Å². The Morgan fingerprint density at radius 3 is 2.68 bits per heavy atom. The molecule has 1 aliphatic heterocycles. The highest BCUT2D eigenvalue weighted by Gasteiger charge is 2.31. The summed E-state index contributed by atoms with van der Waals surface area (Å²) in [6.45, 7) is 5.90. The lowest BCUT2D eigenvalue weighted by Gasteiger charge is -2.30. The van der Waals surface area contributed by atoms with Crippen LogP contribution in [0.5, 0.6) is 0 Å². The van der Waals surface area contributed by atoms with E-state index in [4.69, 9.17) is 0 Å². The Balaban J connectivity index is 1.57. The predicted molar refractivity (Wildman–Crippen MR) is 82.8 cm³/mol. The highest BCUT2D eigenvalue weighted by molar-refractivity contribution is 7.11. The molecule has 3 heteroatoms. The number of aryl methyl sites for hydroxylation is 1. The third kappa shape index (κ3) is 3.80. The Morgan fingerprint density at radius 1 is 1.21 bits per heavy atom. The number of thiophene rings is 1. The van der Waals surface area contributed by atoms with Crippen molar-refractivity contribution in [3.05, 3.63) is 21.9 Å². The minimum Gasteiger partial charge on any atom is -0.313 e. The van der Waals surface area contributed by atoms with Gasteiger partial charge in [0.05, 0.1) is 0 Å². The van der Waals surface area contributed by atoms with E-state index in [1.165, 1.54) is 63.0 Å². The van der Waals surface area contributed by atoms with Crippen molar-refractivity contribution in [2.45, 2.75) is 64.1 Å². The molecule has 0 bridgehead atoms. The lowest BCUT2D eigenvalue weighted by atomic mass is 10.0. The highest BCUT2D eigenvalue weighted by Crippen LogP contribution is 2.30. The van der Waals surface area contributed by atoms with E-state index >= 15 is 0 Å². The van der Waals surface area contributed by atoms with Crippen LogP contribution in [-0.4, -0.2) is 30.1 Å². The lowest BCUT2D eigenvalue weighted by molar-refractivity contribution is 0.210. The molecule has 2 heterocycles. The molecule has 2 nitrogen and oxygen atoms in total. The molecule has 1 aromatic rings. The van der Waals surface area contributed by atoms with Gasteiger partial charge in [-0.25, -0.2) is 0 Å². The maximum atomic E-state index is 3.70. The van der Waals surface area contributed by atoms with Crippen molar-refractivity contribution >= 4 is 11.3 Å². The predicted octanol–water partition coefficient (Wildman–Crippen LogP) is 3.42. The van der Waals surface area contributed by atoms with E-state index in [0.29, 0.717) is 0 Å². The van der Waals surface area contributed by atoms with Crippen LogP contribution >= 0.6 is 11.3 Å². The first-order chi connectivity index (χ1) is 9.35. The maximum absolute atomic E-state index is 3.70. The average molecular weight is 278 g/mol. The molecule has 1 N–H and O–H groups in total. The summed E-state index contributed by atoms with van der Waals surface area (Å²) in [5.41, 5.74) is 0. The average Bonchev–Trinajstić information content (AvgIpc) is 3.20. The van der Waals surface area contributed by atoms with Crippen molar-refractivity contribution in [1.82, 2.24) is 10.2 Å². The van der Waals surface area contributed by atoms with E-state index in [9.17, 15) is 0 Å². The first-order valence-corrected chi connectivity index (χ1v) is 8.72. The van der Waals surface area contributed by atoms with Crippen LogP contribution in [0.1, 0.15) is 48.8 Å². The second-order valence-electron chi connectivity index (χ2n) is 6.03. The SMILES string of the molecule is CCc1ccc(CN(CC2CCCCN2)C2CC2)s1. The minimum absolute atomic E-state index is 0.736. The van der Waals surface area contributed by atoms with Gasteiger partial charge in [-0.15, -0.1) is 11.3 Å². The molecule has 0 spiro atoms. The second-order valence-corrected chi connectivity index (χ2v) is 7.28. The Labute approximate surface area is 121 Å². The molecule has 106 valence electrons. The quantitative estimate of drug-likeness (QED) is 0.858. The molecule has 1 saturated carbocycles. The summed E-state index contributed by atoms with van der Waals surface area (Å²) < 4.78 is 0. The molecular formula is C16H26N2S. The first-order valence-electron chi connectivity index (χ1n) is 7.90. The summed E-state index contributed by atoms with van der Waals surface area (Å²) in [5, 5.41) is 3.70. The van der Waals surface area contributed by atoms with E-state index < -0.39 is 0 Å². The highest BCUT2D eigenvalue weighted by atomic mass is 32.1. The third-order valence-corrected chi connectivity index (χ3v) is 5.57. The normalized spacial score (nSPS) is 24.0. The van der Waals surface area contributed by atoms with Gasteiger partial charge in [0.15, 0.2) is 0 Å². The molecule has 1 atom stereocenters. The second kappa shape index (κ2) is 6.38. The third-order valence-electron chi connectivity index (χ3n) is 4.36. The van der Waals surface area contributed by atoms with E-state index in [1.807, 2.05) is 11.3 Å². The van der Waals surface area contributed by atoms with Gasteiger partial charge >= 0.3 is 0 Å². The van der Waals surface area contributed by atoms with E-state index in [2.05, 4.69) is 29.3 Å². The van der Waals surface area contributed by atoms with E-state index in [1.54, 1.807) is 4.88 Å². The molecule has 1 aromatic heterocycles. The zero-order valence-corrected chi connectivity index (χ0v) is 12.8. The molecule has 0 aromatic carbocycles. The van der Waals surface area contributed by atoms with Crippen LogP contribution in [0.2, 0.25) is 0 Å². The van der Waals surface area contributed by atoms with Gasteiger partial charge in [0, 0.05) is 34.9 Å². The Bertz CT molecular complexity index is 391. The fourth-order valence-electron chi connectivity index (χ4n) is 3.04. The van der Waals surface area contributed by atoms with Gasteiger partial charge in [0.25, 0.3) is 0 Å². The standard InChI is InChI=1S/C16H26N2S/c1-2-15-8-9-16(19-15)12-18(14-6-7-14)11-13-5-3-4-10-17-13/h8-9,13-14,17H,2-7,10-12H2,1H3. The smallest absolute Gasteiger partial charge is 0.0331 e. The lowest BCUT2D eigenvalue weighted by Crippen LogP contribution is -2.44. The zero-order valence-electron chi connectivity index (χ0n) is 12.0. The van der Waals surface area contributed by atoms with E-state index in [-0.39, 0.29) is 0 Å². The molecule has 2 fully saturated rings. The van der Waals surface area contributed by atoms with Crippen LogP contribution in [0.3, 0.4) is 0 Å². The molecule has 1 saturated heterocycles. The molecule has 19 heavy (non-hydrogen) atoms. The van der Waals surface area contributed by atoms with Crippen LogP contribution < -0.4 is 5.32 Å². The fraction of sp³-hybridized carbons (Fsp3) is 0.750. The largest absolute Gasteiger partial charge is 0.313 e. The van der Waals surface area contributed by atoms with Gasteiger partial charge < -0.3 is 5.32 Å². The van der Waals surface area contributed by atoms with Crippen molar-refractivity contribution < 1.29 is 0 Å². The molecule has 0 amide bonds. The summed E-state index contributed by atoms with van der Waals surface area (Å²) in [6, 6.07) is 6.26. The van der Waals surface area contributed by atoms with Crippen molar-refractivity contribution in [3.8, 4) is 0 Å². The van der Waals surface area contributed by atoms with Gasteiger partial charge in [-0.05, 0) is 50.8 Å². The van der Waals surface area contributed by atoms with Crippen molar-refractivity contribution in [2.24, 2.45) is 0 Å². The van der Waals surface area contributed by atoms with Gasteiger partial charge in [0.1, 0.15) is 0 Å². The van der Waals surface area contributed by atoms with Crippen molar-refractivity contribution in [1.29, 1.82) is 0 Å². The van der Waals surface area contributed by atoms with Gasteiger partial charge in [-0.3, -0.25) is 4.90 Å². The summed E-state index contributed by atoms with van der Waals surface area (Å²) in [5.74, 6) is 0. The van der Waals surface area contributed by atoms with Crippen molar-refractivity contribution in [3.63, 3.8) is 0 Å². The Kier molecular flexibility index (Phi) is 4.57. The Hall–Kier alpha value is -0.380. The molecular weight excluding hydrogens is 252 g/mol. The Morgan fingerprint density at radius 2 is 2.05 bits per heavy atom. The summed E-state index contributed by atoms with van der Waals surface area (Å²) in [7, 11) is 0. The number of hydrogen-bond donors (Lipinski definition) is 1. The van der Waals surface area contributed by atoms with Crippen LogP contribution in [0.4, 0.5) is 0 Å². The van der Waals surface area contributed by atoms with E-state index in [0.717, 1.165) is 12.1 Å². The number of nitrogens with zero attached hydrogens (tertiary/aromatic N) is 1. The minimum atomic E-state index is 0.736. The van der Waals surface area contributed by atoms with Gasteiger partial charge in [-0.2, -0.15) is 0 Å². The maximum Gasteiger partial charge on any atom is 0.0331 e. The van der Waals surface area contributed by atoms with Crippen LogP contribution in [0.15, 0.2) is 12.1 Å². The fourth-order valence-corrected chi connectivity index (χ4v) is 4.03.